The van der Waals surface area contributed by atoms with Crippen molar-refractivity contribution in [2.24, 2.45) is 0 Å². The Balaban J connectivity index is 2.48. The van der Waals surface area contributed by atoms with E-state index in [0.717, 1.165) is 10.7 Å². The second kappa shape index (κ2) is 5.41. The summed E-state index contributed by atoms with van der Waals surface area (Å²) in [6.07, 6.45) is 0. The van der Waals surface area contributed by atoms with E-state index < -0.39 is 0 Å². The van der Waals surface area contributed by atoms with E-state index in [1.165, 1.54) is 4.88 Å². The van der Waals surface area contributed by atoms with Gasteiger partial charge >= 0.3 is 0 Å². The van der Waals surface area contributed by atoms with Crippen LogP contribution in [0.5, 0.6) is 0 Å². The summed E-state index contributed by atoms with van der Waals surface area (Å²) in [5.41, 5.74) is 1.08. The van der Waals surface area contributed by atoms with Crippen LogP contribution in [0, 0.1) is 13.8 Å². The molecule has 1 amide bonds. The van der Waals surface area contributed by atoms with Gasteiger partial charge in [-0.2, -0.15) is 0 Å². The zero-order chi connectivity index (χ0) is 12.3. The summed E-state index contributed by atoms with van der Waals surface area (Å²) in [5.74, 6) is 0.0880. The molecule has 5 heteroatoms. The maximum atomic E-state index is 11.6. The number of carbonyl (C=O) groups excluding carboxylic acids is 1. The molecule has 4 nitrogen and oxygen atoms in total. The number of hydrogen-bond donors (Lipinski definition) is 1. The van der Waals surface area contributed by atoms with E-state index in [1.54, 1.807) is 30.3 Å². The first-order valence-corrected chi connectivity index (χ1v) is 6.11. The van der Waals surface area contributed by atoms with Crippen LogP contribution in [-0.2, 0) is 11.3 Å². The fraction of sp³-hybridized carbons (Fsp3) is 0.636. The van der Waals surface area contributed by atoms with E-state index in [9.17, 15) is 4.79 Å². The maximum Gasteiger partial charge on any atom is 0.238 e. The number of amides is 1. The molecule has 0 saturated heterocycles. The van der Waals surface area contributed by atoms with Gasteiger partial charge in [0.05, 0.1) is 11.7 Å². The van der Waals surface area contributed by atoms with E-state index in [0.29, 0.717) is 6.54 Å². The van der Waals surface area contributed by atoms with Gasteiger partial charge in [-0.25, -0.2) is 4.98 Å². The van der Waals surface area contributed by atoms with Gasteiger partial charge in [0.25, 0.3) is 0 Å². The normalized spacial score (nSPS) is 12.6. The standard InChI is InChI=1S/C11H19N3OS/c1-7-9(3)16-10(13-7)6-12-8(2)11(15)14(4)5/h8,12H,6H2,1-5H3. The quantitative estimate of drug-likeness (QED) is 0.865. The van der Waals surface area contributed by atoms with Gasteiger partial charge in [0.2, 0.25) is 5.91 Å². The van der Waals surface area contributed by atoms with Crippen LogP contribution >= 0.6 is 11.3 Å². The zero-order valence-corrected chi connectivity index (χ0v) is 11.3. The summed E-state index contributed by atoms with van der Waals surface area (Å²) in [4.78, 5) is 18.8. The number of nitrogens with one attached hydrogen (secondary N) is 1. The van der Waals surface area contributed by atoms with Gasteiger partial charge < -0.3 is 4.90 Å². The lowest BCUT2D eigenvalue weighted by molar-refractivity contribution is -0.130. The first kappa shape index (κ1) is 13.1. The summed E-state index contributed by atoms with van der Waals surface area (Å²) in [6, 6.07) is -0.167. The van der Waals surface area contributed by atoms with E-state index in [4.69, 9.17) is 0 Å². The SMILES string of the molecule is Cc1nc(CNC(C)C(=O)N(C)C)sc1C. The molecule has 1 atom stereocenters. The Kier molecular flexibility index (Phi) is 4.44. The molecule has 0 aliphatic rings. The Morgan fingerprint density at radius 2 is 2.12 bits per heavy atom. The molecule has 1 aromatic heterocycles. The lowest BCUT2D eigenvalue weighted by Crippen LogP contribution is -2.41. The van der Waals surface area contributed by atoms with Gasteiger partial charge in [0.1, 0.15) is 5.01 Å². The predicted octanol–water partition coefficient (Wildman–Crippen LogP) is 1.33. The summed E-state index contributed by atoms with van der Waals surface area (Å²) in [6.45, 7) is 6.59. The van der Waals surface area contributed by atoms with Crippen LogP contribution < -0.4 is 5.32 Å². The van der Waals surface area contributed by atoms with Crippen molar-refractivity contribution in [3.8, 4) is 0 Å². The molecule has 1 N–H and O–H groups in total. The molecular weight excluding hydrogens is 222 g/mol. The van der Waals surface area contributed by atoms with Gasteiger partial charge in [-0.05, 0) is 20.8 Å². The molecule has 0 aliphatic carbocycles. The monoisotopic (exact) mass is 241 g/mol. The van der Waals surface area contributed by atoms with Crippen LogP contribution in [0.15, 0.2) is 0 Å². The predicted molar refractivity (Wildman–Crippen MR) is 66.6 cm³/mol. The van der Waals surface area contributed by atoms with Crippen molar-refractivity contribution < 1.29 is 4.79 Å². The smallest absolute Gasteiger partial charge is 0.238 e. The minimum Gasteiger partial charge on any atom is -0.347 e. The number of thiazole rings is 1. The summed E-state index contributed by atoms with van der Waals surface area (Å²) in [7, 11) is 3.52. The van der Waals surface area contributed by atoms with Crippen molar-refractivity contribution in [1.29, 1.82) is 0 Å². The summed E-state index contributed by atoms with van der Waals surface area (Å²) in [5, 5.41) is 4.21. The van der Waals surface area contributed by atoms with Crippen molar-refractivity contribution in [3.63, 3.8) is 0 Å². The molecule has 90 valence electrons. The Labute approximate surface area is 101 Å². The third kappa shape index (κ3) is 3.28. The highest BCUT2D eigenvalue weighted by atomic mass is 32.1. The van der Waals surface area contributed by atoms with E-state index in [2.05, 4.69) is 17.2 Å². The van der Waals surface area contributed by atoms with Gasteiger partial charge in [-0.1, -0.05) is 0 Å². The second-order valence-corrected chi connectivity index (χ2v) is 5.37. The molecule has 0 fully saturated rings. The lowest BCUT2D eigenvalue weighted by atomic mass is 10.3. The van der Waals surface area contributed by atoms with Gasteiger partial charge in [0.15, 0.2) is 0 Å². The Bertz CT molecular complexity index is 354. The Morgan fingerprint density at radius 1 is 1.50 bits per heavy atom. The van der Waals surface area contributed by atoms with Crippen molar-refractivity contribution in [1.82, 2.24) is 15.2 Å². The number of nitrogens with zero attached hydrogens (tertiary/aromatic N) is 2. The highest BCUT2D eigenvalue weighted by Crippen LogP contribution is 2.16. The van der Waals surface area contributed by atoms with E-state index in [1.807, 2.05) is 13.8 Å². The van der Waals surface area contributed by atoms with E-state index in [-0.39, 0.29) is 11.9 Å². The van der Waals surface area contributed by atoms with Gasteiger partial charge in [-0.15, -0.1) is 11.3 Å². The summed E-state index contributed by atoms with van der Waals surface area (Å²) < 4.78 is 0. The minimum atomic E-state index is -0.167. The van der Waals surface area contributed by atoms with Crippen molar-refractivity contribution in [2.75, 3.05) is 14.1 Å². The molecule has 0 saturated carbocycles. The molecule has 1 unspecified atom stereocenters. The molecule has 0 aliphatic heterocycles. The van der Waals surface area contributed by atoms with Crippen LogP contribution in [0.25, 0.3) is 0 Å². The van der Waals surface area contributed by atoms with Gasteiger partial charge in [-0.3, -0.25) is 10.1 Å². The molecule has 0 radical (unpaired) electrons. The van der Waals surface area contributed by atoms with Crippen LogP contribution in [0.2, 0.25) is 0 Å². The van der Waals surface area contributed by atoms with E-state index >= 15 is 0 Å². The zero-order valence-electron chi connectivity index (χ0n) is 10.5. The summed E-state index contributed by atoms with van der Waals surface area (Å²) >= 11 is 1.68. The molecule has 0 spiro atoms. The number of aryl methyl sites for hydroxylation is 2. The third-order valence-corrected chi connectivity index (χ3v) is 3.52. The fourth-order valence-electron chi connectivity index (χ4n) is 1.33. The number of rotatable bonds is 4. The first-order valence-electron chi connectivity index (χ1n) is 5.29. The average Bonchev–Trinajstić information content (AvgIpc) is 2.53. The third-order valence-electron chi connectivity index (χ3n) is 2.44. The minimum absolute atomic E-state index is 0.0880. The molecule has 1 aromatic rings. The van der Waals surface area contributed by atoms with Crippen molar-refractivity contribution in [3.05, 3.63) is 15.6 Å². The maximum absolute atomic E-state index is 11.6. The molecule has 1 heterocycles. The molecule has 0 bridgehead atoms. The molecule has 1 rings (SSSR count). The van der Waals surface area contributed by atoms with Gasteiger partial charge in [0, 0.05) is 25.5 Å². The molecular formula is C11H19N3OS. The fourth-order valence-corrected chi connectivity index (χ4v) is 2.21. The topological polar surface area (TPSA) is 45.2 Å². The second-order valence-electron chi connectivity index (χ2n) is 4.08. The number of carbonyl (C=O) groups is 1. The number of aromatic nitrogens is 1. The number of likely N-dealkylation sites (N-methyl/N-ethyl adjacent to an activating group) is 1. The van der Waals surface area contributed by atoms with Crippen LogP contribution in [0.4, 0.5) is 0 Å². The van der Waals surface area contributed by atoms with Crippen molar-refractivity contribution >= 4 is 17.2 Å². The van der Waals surface area contributed by atoms with Crippen LogP contribution in [-0.4, -0.2) is 35.9 Å². The largest absolute Gasteiger partial charge is 0.347 e. The number of hydrogen-bond acceptors (Lipinski definition) is 4. The van der Waals surface area contributed by atoms with Crippen LogP contribution in [0.1, 0.15) is 22.5 Å². The van der Waals surface area contributed by atoms with Crippen LogP contribution in [0.3, 0.4) is 0 Å². The first-order chi connectivity index (χ1) is 7.41. The Hall–Kier alpha value is -0.940. The Morgan fingerprint density at radius 3 is 2.56 bits per heavy atom. The highest BCUT2D eigenvalue weighted by Gasteiger charge is 2.14. The molecule has 0 aromatic carbocycles. The average molecular weight is 241 g/mol. The highest BCUT2D eigenvalue weighted by molar-refractivity contribution is 7.11. The molecule has 16 heavy (non-hydrogen) atoms. The van der Waals surface area contributed by atoms with Crippen molar-refractivity contribution in [2.45, 2.75) is 33.4 Å². The lowest BCUT2D eigenvalue weighted by Gasteiger charge is -2.17.